The molecule has 0 fully saturated rings. The molecule has 0 aliphatic heterocycles. The molecule has 1 radical (unpaired) electrons. The van der Waals surface area contributed by atoms with E-state index in [1.54, 1.807) is 0 Å². The Kier molecular flexibility index (Phi) is 4.64. The number of hydrogen-bond acceptors (Lipinski definition) is 2. The van der Waals surface area contributed by atoms with Crippen molar-refractivity contribution in [2.45, 2.75) is 25.7 Å². The van der Waals surface area contributed by atoms with Crippen molar-refractivity contribution in [3.05, 3.63) is 6.92 Å². The fourth-order valence-electron chi connectivity index (χ4n) is 0.638. The van der Waals surface area contributed by atoms with Gasteiger partial charge in [0.15, 0.2) is 0 Å². The highest BCUT2D eigenvalue weighted by atomic mass is 32.2. The minimum atomic E-state index is -3.72. The summed E-state index contributed by atoms with van der Waals surface area (Å²) < 4.78 is 28.5. The minimum absolute atomic E-state index is 0.118. The molecule has 61 valence electrons. The summed E-state index contributed by atoms with van der Waals surface area (Å²) >= 11 is 0. The molecule has 0 amide bonds. The van der Waals surface area contributed by atoms with Gasteiger partial charge in [0.1, 0.15) is 0 Å². The average Bonchev–Trinajstić information content (AvgIpc) is 1.78. The second-order valence-corrected chi connectivity index (χ2v) is 3.77. The lowest BCUT2D eigenvalue weighted by molar-refractivity contribution is 0.479. The molecule has 4 heteroatoms. The van der Waals surface area contributed by atoms with Crippen LogP contribution in [0.2, 0.25) is 0 Å². The van der Waals surface area contributed by atoms with Crippen LogP contribution >= 0.6 is 0 Å². The average molecular weight is 165 g/mol. The quantitative estimate of drug-likeness (QED) is 0.493. The molecule has 0 saturated carbocycles. The molecule has 1 N–H and O–H groups in total. The fourth-order valence-corrected chi connectivity index (χ4v) is 1.21. The lowest BCUT2D eigenvalue weighted by Gasteiger charge is -1.95. The van der Waals surface area contributed by atoms with E-state index in [4.69, 9.17) is 4.55 Å². The summed E-state index contributed by atoms with van der Waals surface area (Å²) in [5, 5.41) is 0. The van der Waals surface area contributed by atoms with Crippen LogP contribution in [0.1, 0.15) is 25.7 Å². The van der Waals surface area contributed by atoms with Gasteiger partial charge in [-0.25, -0.2) is 0 Å². The Labute approximate surface area is 62.2 Å². The summed E-state index contributed by atoms with van der Waals surface area (Å²) in [4.78, 5) is 0. The van der Waals surface area contributed by atoms with Gasteiger partial charge in [0, 0.05) is 0 Å². The molecule has 0 atom stereocenters. The van der Waals surface area contributed by atoms with E-state index in [1.165, 1.54) is 0 Å². The summed E-state index contributed by atoms with van der Waals surface area (Å²) in [6.45, 7) is 3.61. The largest absolute Gasteiger partial charge is 0.286 e. The van der Waals surface area contributed by atoms with Gasteiger partial charge in [0.25, 0.3) is 10.1 Å². The van der Waals surface area contributed by atoms with Crippen molar-refractivity contribution in [3.8, 4) is 0 Å². The molecule has 0 aliphatic carbocycles. The van der Waals surface area contributed by atoms with Crippen molar-refractivity contribution >= 4 is 10.1 Å². The molecule has 0 heterocycles. The lowest BCUT2D eigenvalue weighted by Crippen LogP contribution is -2.03. The van der Waals surface area contributed by atoms with Gasteiger partial charge in [-0.2, -0.15) is 8.42 Å². The Hall–Kier alpha value is -0.0900. The second kappa shape index (κ2) is 4.68. The molecule has 3 nitrogen and oxygen atoms in total. The second-order valence-electron chi connectivity index (χ2n) is 2.20. The Morgan fingerprint density at radius 2 is 1.80 bits per heavy atom. The van der Waals surface area contributed by atoms with Crippen LogP contribution in [-0.4, -0.2) is 18.7 Å². The summed E-state index contributed by atoms with van der Waals surface area (Å²) in [6, 6.07) is 0. The zero-order valence-electron chi connectivity index (χ0n) is 5.91. The summed E-state index contributed by atoms with van der Waals surface area (Å²) in [5.74, 6) is -0.118. The third-order valence-electron chi connectivity index (χ3n) is 1.15. The van der Waals surface area contributed by atoms with Gasteiger partial charge in [-0.3, -0.25) is 4.55 Å². The predicted octanol–water partition coefficient (Wildman–Crippen LogP) is 1.27. The van der Waals surface area contributed by atoms with Crippen molar-refractivity contribution < 1.29 is 13.0 Å². The van der Waals surface area contributed by atoms with Crippen molar-refractivity contribution in [1.29, 1.82) is 0 Å². The smallest absolute Gasteiger partial charge is 0.264 e. The Balaban J connectivity index is 3.21. The van der Waals surface area contributed by atoms with Gasteiger partial charge in [-0.05, 0) is 6.42 Å². The highest BCUT2D eigenvalue weighted by Crippen LogP contribution is 1.99. The summed E-state index contributed by atoms with van der Waals surface area (Å²) in [7, 11) is -3.72. The maximum absolute atomic E-state index is 10.1. The van der Waals surface area contributed by atoms with E-state index >= 15 is 0 Å². The molecular weight excluding hydrogens is 152 g/mol. The van der Waals surface area contributed by atoms with Crippen LogP contribution in [0.15, 0.2) is 0 Å². The van der Waals surface area contributed by atoms with Gasteiger partial charge in [0.2, 0.25) is 0 Å². The zero-order valence-corrected chi connectivity index (χ0v) is 6.73. The molecule has 10 heavy (non-hydrogen) atoms. The predicted molar refractivity (Wildman–Crippen MR) is 40.2 cm³/mol. The minimum Gasteiger partial charge on any atom is -0.286 e. The molecule has 0 rings (SSSR count). The summed E-state index contributed by atoms with van der Waals surface area (Å²) in [6.07, 6.45) is 3.11. The van der Waals surface area contributed by atoms with Gasteiger partial charge in [-0.1, -0.05) is 26.2 Å². The first-order chi connectivity index (χ1) is 4.56. The van der Waals surface area contributed by atoms with Crippen LogP contribution in [0.4, 0.5) is 0 Å². The van der Waals surface area contributed by atoms with Gasteiger partial charge < -0.3 is 0 Å². The van der Waals surface area contributed by atoms with Crippen LogP contribution < -0.4 is 0 Å². The molecule has 0 aromatic carbocycles. The van der Waals surface area contributed by atoms with Crippen LogP contribution in [0.25, 0.3) is 0 Å². The normalized spacial score (nSPS) is 11.8. The third kappa shape index (κ3) is 7.91. The van der Waals surface area contributed by atoms with E-state index in [1.807, 2.05) is 0 Å². The number of hydrogen-bond donors (Lipinski definition) is 1. The first kappa shape index (κ1) is 9.91. The third-order valence-corrected chi connectivity index (χ3v) is 1.96. The first-order valence-corrected chi connectivity index (χ1v) is 4.91. The van der Waals surface area contributed by atoms with Gasteiger partial charge >= 0.3 is 0 Å². The van der Waals surface area contributed by atoms with Gasteiger partial charge in [-0.15, -0.1) is 0 Å². The molecular formula is C6H13O3S. The Morgan fingerprint density at radius 1 is 1.20 bits per heavy atom. The van der Waals surface area contributed by atoms with E-state index in [0.29, 0.717) is 6.42 Å². The first-order valence-electron chi connectivity index (χ1n) is 3.30. The number of rotatable bonds is 5. The van der Waals surface area contributed by atoms with Crippen LogP contribution in [0.3, 0.4) is 0 Å². The molecule has 0 aromatic heterocycles. The van der Waals surface area contributed by atoms with Gasteiger partial charge in [0.05, 0.1) is 5.75 Å². The highest BCUT2D eigenvalue weighted by molar-refractivity contribution is 7.85. The Morgan fingerprint density at radius 3 is 2.20 bits per heavy atom. The highest BCUT2D eigenvalue weighted by Gasteiger charge is 2.01. The molecule has 0 aliphatic rings. The topological polar surface area (TPSA) is 54.4 Å². The van der Waals surface area contributed by atoms with Crippen LogP contribution in [0.5, 0.6) is 0 Å². The molecule has 0 saturated heterocycles. The number of unbranched alkanes of at least 4 members (excludes halogenated alkanes) is 3. The van der Waals surface area contributed by atoms with Crippen molar-refractivity contribution in [2.24, 2.45) is 0 Å². The van der Waals surface area contributed by atoms with E-state index in [9.17, 15) is 8.42 Å². The van der Waals surface area contributed by atoms with E-state index in [-0.39, 0.29) is 5.75 Å². The standard InChI is InChI=1S/C6H13O3S/c1-2-3-4-5-6-10(7,8)9/h1-6H2,(H,7,8,9). The SMILES string of the molecule is [CH2]CCCCCS(=O)(=O)O. The van der Waals surface area contributed by atoms with E-state index in [2.05, 4.69) is 6.92 Å². The summed E-state index contributed by atoms with van der Waals surface area (Å²) in [5.41, 5.74) is 0. The molecule has 0 unspecified atom stereocenters. The van der Waals surface area contributed by atoms with Crippen LogP contribution in [0, 0.1) is 6.92 Å². The zero-order chi connectivity index (χ0) is 8.04. The van der Waals surface area contributed by atoms with Crippen LogP contribution in [-0.2, 0) is 10.1 Å². The molecule has 0 aromatic rings. The molecule has 0 spiro atoms. The molecule has 0 bridgehead atoms. The van der Waals surface area contributed by atoms with Crippen molar-refractivity contribution in [3.63, 3.8) is 0 Å². The monoisotopic (exact) mass is 165 g/mol. The lowest BCUT2D eigenvalue weighted by atomic mass is 10.2. The maximum Gasteiger partial charge on any atom is 0.264 e. The van der Waals surface area contributed by atoms with Crippen molar-refractivity contribution in [1.82, 2.24) is 0 Å². The van der Waals surface area contributed by atoms with Crippen molar-refractivity contribution in [2.75, 3.05) is 5.75 Å². The fraction of sp³-hybridized carbons (Fsp3) is 0.833. The van der Waals surface area contributed by atoms with E-state index in [0.717, 1.165) is 19.3 Å². The maximum atomic E-state index is 10.1. The Bertz CT molecular complexity index is 160. The van der Waals surface area contributed by atoms with E-state index < -0.39 is 10.1 Å².